The third-order valence-electron chi connectivity index (χ3n) is 3.83. The Morgan fingerprint density at radius 2 is 2.33 bits per heavy atom. The number of anilines is 1. The van der Waals surface area contributed by atoms with E-state index in [-0.39, 0.29) is 25.1 Å². The number of hydrogen-bond acceptors (Lipinski definition) is 7. The van der Waals surface area contributed by atoms with Crippen LogP contribution in [0.4, 0.5) is 5.82 Å². The molecule has 3 aliphatic rings. The molecule has 21 heavy (non-hydrogen) atoms. The van der Waals surface area contributed by atoms with Crippen molar-refractivity contribution in [1.82, 2.24) is 14.9 Å². The minimum atomic E-state index is -0.293. The van der Waals surface area contributed by atoms with Gasteiger partial charge in [-0.15, -0.1) is 0 Å². The average Bonchev–Trinajstić information content (AvgIpc) is 3.01. The van der Waals surface area contributed by atoms with E-state index in [9.17, 15) is 0 Å². The van der Waals surface area contributed by atoms with E-state index in [1.54, 1.807) is 6.33 Å². The van der Waals surface area contributed by atoms with Crippen LogP contribution in [0.3, 0.4) is 0 Å². The Kier molecular flexibility index (Phi) is 2.95. The second-order valence-corrected chi connectivity index (χ2v) is 5.50. The smallest absolute Gasteiger partial charge is 0.196 e. The van der Waals surface area contributed by atoms with Gasteiger partial charge in [0.15, 0.2) is 12.2 Å². The minimum absolute atomic E-state index is 0.0349. The molecule has 8 nitrogen and oxygen atoms in total. The molecule has 0 saturated heterocycles. The maximum absolute atomic E-state index is 9.14. The SMILES string of the molecule is NC1=NC(NC2CC2)c2ncn([C@H]3C=C[C@@H](CO)O3)c2N1. The van der Waals surface area contributed by atoms with E-state index in [1.165, 1.54) is 12.8 Å². The Morgan fingerprint density at radius 3 is 3.05 bits per heavy atom. The van der Waals surface area contributed by atoms with E-state index in [0.29, 0.717) is 12.0 Å². The molecule has 4 rings (SSSR count). The van der Waals surface area contributed by atoms with Gasteiger partial charge in [0.2, 0.25) is 0 Å². The van der Waals surface area contributed by atoms with Crippen LogP contribution in [0.2, 0.25) is 0 Å². The molecule has 1 fully saturated rings. The Labute approximate surface area is 121 Å². The van der Waals surface area contributed by atoms with Crippen LogP contribution in [-0.2, 0) is 4.74 Å². The molecular formula is C13H18N6O2. The summed E-state index contributed by atoms with van der Waals surface area (Å²) in [7, 11) is 0. The van der Waals surface area contributed by atoms with E-state index in [2.05, 4.69) is 20.6 Å². The van der Waals surface area contributed by atoms with Crippen molar-refractivity contribution >= 4 is 11.8 Å². The molecule has 0 bridgehead atoms. The maximum atomic E-state index is 9.14. The Balaban J connectivity index is 1.61. The van der Waals surface area contributed by atoms with Gasteiger partial charge in [-0.2, -0.15) is 0 Å². The van der Waals surface area contributed by atoms with Crippen LogP contribution in [-0.4, -0.2) is 39.4 Å². The second-order valence-electron chi connectivity index (χ2n) is 5.50. The molecule has 1 unspecified atom stereocenters. The van der Waals surface area contributed by atoms with E-state index in [1.807, 2.05) is 16.7 Å². The summed E-state index contributed by atoms with van der Waals surface area (Å²) < 4.78 is 7.57. The zero-order valence-electron chi connectivity index (χ0n) is 11.4. The minimum Gasteiger partial charge on any atom is -0.393 e. The van der Waals surface area contributed by atoms with E-state index in [4.69, 9.17) is 15.6 Å². The van der Waals surface area contributed by atoms with Crippen molar-refractivity contribution in [2.45, 2.75) is 37.4 Å². The number of aromatic nitrogens is 2. The maximum Gasteiger partial charge on any atom is 0.196 e. The average molecular weight is 290 g/mol. The van der Waals surface area contributed by atoms with Gasteiger partial charge < -0.3 is 20.9 Å². The van der Waals surface area contributed by atoms with Crippen LogP contribution in [0, 0.1) is 0 Å². The first-order chi connectivity index (χ1) is 10.2. The lowest BCUT2D eigenvalue weighted by atomic mass is 10.3. The zero-order chi connectivity index (χ0) is 14.4. The molecule has 5 N–H and O–H groups in total. The topological polar surface area (TPSA) is 110 Å². The fraction of sp³-hybridized carbons (Fsp3) is 0.538. The Morgan fingerprint density at radius 1 is 1.48 bits per heavy atom. The Hall–Kier alpha value is -1.90. The van der Waals surface area contributed by atoms with Gasteiger partial charge in [-0.3, -0.25) is 9.88 Å². The number of rotatable bonds is 4. The van der Waals surface area contributed by atoms with Crippen LogP contribution < -0.4 is 16.4 Å². The second kappa shape index (κ2) is 4.83. The first kappa shape index (κ1) is 12.8. The number of nitrogens with two attached hydrogens (primary N) is 1. The van der Waals surface area contributed by atoms with Crippen molar-refractivity contribution in [3.63, 3.8) is 0 Å². The predicted molar refractivity (Wildman–Crippen MR) is 76.5 cm³/mol. The number of imidazole rings is 1. The van der Waals surface area contributed by atoms with E-state index >= 15 is 0 Å². The van der Waals surface area contributed by atoms with E-state index in [0.717, 1.165) is 11.5 Å². The first-order valence-electron chi connectivity index (χ1n) is 7.12. The van der Waals surface area contributed by atoms with Crippen molar-refractivity contribution in [2.24, 2.45) is 10.7 Å². The molecule has 2 aliphatic heterocycles. The number of ether oxygens (including phenoxy) is 1. The van der Waals surface area contributed by atoms with Gasteiger partial charge in [0, 0.05) is 6.04 Å². The summed E-state index contributed by atoms with van der Waals surface area (Å²) in [4.78, 5) is 8.82. The molecule has 1 saturated carbocycles. The zero-order valence-corrected chi connectivity index (χ0v) is 11.4. The predicted octanol–water partition coefficient (Wildman–Crippen LogP) is -0.180. The summed E-state index contributed by atoms with van der Waals surface area (Å²) in [5.41, 5.74) is 6.70. The summed E-state index contributed by atoms with van der Waals surface area (Å²) in [6.07, 6.45) is 7.01. The summed E-state index contributed by atoms with van der Waals surface area (Å²) >= 11 is 0. The van der Waals surface area contributed by atoms with Gasteiger partial charge in [0.25, 0.3) is 0 Å². The number of aliphatic hydroxyl groups excluding tert-OH is 1. The molecular weight excluding hydrogens is 272 g/mol. The van der Waals surface area contributed by atoms with Crippen molar-refractivity contribution < 1.29 is 9.84 Å². The lowest BCUT2D eigenvalue weighted by molar-refractivity contribution is -0.00712. The molecule has 0 radical (unpaired) electrons. The summed E-state index contributed by atoms with van der Waals surface area (Å²) in [6.45, 7) is -0.0349. The Bertz CT molecular complexity index is 606. The van der Waals surface area contributed by atoms with Crippen LogP contribution in [0.15, 0.2) is 23.5 Å². The molecule has 112 valence electrons. The van der Waals surface area contributed by atoms with Crippen LogP contribution in [0.25, 0.3) is 0 Å². The largest absolute Gasteiger partial charge is 0.393 e. The number of aliphatic imine (C=N–C) groups is 1. The first-order valence-corrected chi connectivity index (χ1v) is 7.12. The highest BCUT2D eigenvalue weighted by atomic mass is 16.5. The van der Waals surface area contributed by atoms with Gasteiger partial charge in [-0.25, -0.2) is 9.98 Å². The number of fused-ring (bicyclic) bond motifs is 1. The van der Waals surface area contributed by atoms with Gasteiger partial charge in [-0.1, -0.05) is 6.08 Å². The third-order valence-corrected chi connectivity index (χ3v) is 3.83. The van der Waals surface area contributed by atoms with Gasteiger partial charge in [0.1, 0.15) is 23.8 Å². The van der Waals surface area contributed by atoms with Crippen molar-refractivity contribution in [3.8, 4) is 0 Å². The third kappa shape index (κ3) is 2.31. The highest BCUT2D eigenvalue weighted by molar-refractivity contribution is 5.93. The van der Waals surface area contributed by atoms with Crippen LogP contribution in [0.1, 0.15) is 30.9 Å². The van der Waals surface area contributed by atoms with Gasteiger partial charge in [-0.05, 0) is 18.9 Å². The van der Waals surface area contributed by atoms with Crippen LogP contribution >= 0.6 is 0 Å². The molecule has 3 heterocycles. The monoisotopic (exact) mass is 290 g/mol. The van der Waals surface area contributed by atoms with Crippen molar-refractivity contribution in [2.75, 3.05) is 11.9 Å². The molecule has 0 amide bonds. The fourth-order valence-corrected chi connectivity index (χ4v) is 2.59. The van der Waals surface area contributed by atoms with Crippen LogP contribution in [0.5, 0.6) is 0 Å². The lowest BCUT2D eigenvalue weighted by Crippen LogP contribution is -2.34. The highest BCUT2D eigenvalue weighted by Crippen LogP contribution is 2.33. The summed E-state index contributed by atoms with van der Waals surface area (Å²) in [5.74, 6) is 1.15. The van der Waals surface area contributed by atoms with Gasteiger partial charge >= 0.3 is 0 Å². The molecule has 0 spiro atoms. The molecule has 1 aromatic heterocycles. The fourth-order valence-electron chi connectivity index (χ4n) is 2.59. The van der Waals surface area contributed by atoms with Gasteiger partial charge in [0.05, 0.1) is 12.9 Å². The lowest BCUT2D eigenvalue weighted by Gasteiger charge is -2.23. The normalized spacial score (nSPS) is 30.9. The number of guanidine groups is 1. The molecule has 8 heteroatoms. The van der Waals surface area contributed by atoms with Crippen molar-refractivity contribution in [3.05, 3.63) is 24.2 Å². The number of hydrogen-bond donors (Lipinski definition) is 4. The highest BCUT2D eigenvalue weighted by Gasteiger charge is 2.33. The number of nitrogens with zero attached hydrogens (tertiary/aromatic N) is 3. The standard InChI is InChI=1S/C13H18N6O2/c14-13-17-11(16-7-1-2-7)10-12(18-13)19(6-15-10)9-4-3-8(5-20)21-9/h3-4,6-9,11,16,20H,1-2,5H2,(H3,14,17,18)/t8-,9+,11?/m0/s1. The summed E-state index contributed by atoms with van der Waals surface area (Å²) in [5, 5.41) is 15.6. The number of nitrogens with one attached hydrogen (secondary N) is 2. The summed E-state index contributed by atoms with van der Waals surface area (Å²) in [6, 6.07) is 0.504. The quantitative estimate of drug-likeness (QED) is 0.573. The molecule has 0 aromatic carbocycles. The van der Waals surface area contributed by atoms with Crippen molar-refractivity contribution in [1.29, 1.82) is 0 Å². The molecule has 1 aliphatic carbocycles. The van der Waals surface area contributed by atoms with E-state index < -0.39 is 0 Å². The molecule has 1 aromatic rings. The molecule has 3 atom stereocenters. The number of aliphatic hydroxyl groups is 1.